The van der Waals surface area contributed by atoms with Crippen LogP contribution in [0.4, 0.5) is 14.6 Å². The summed E-state index contributed by atoms with van der Waals surface area (Å²) in [6.07, 6.45) is 1.65. The van der Waals surface area contributed by atoms with Crippen molar-refractivity contribution in [3.05, 3.63) is 23.9 Å². The molecule has 3 nitrogen and oxygen atoms in total. The summed E-state index contributed by atoms with van der Waals surface area (Å²) < 4.78 is 25.8. The number of nitrogens with two attached hydrogens (primary N) is 1. The monoisotopic (exact) mass is 215 g/mol. The standard InChI is InChI=1S/C10H15F2N3/c1-10(2,3-4-13)15-9-8(12)5-7(11)6-14-9/h5-6H,3-4,13H2,1-2H3,(H,14,15). The van der Waals surface area contributed by atoms with Gasteiger partial charge >= 0.3 is 0 Å². The second-order valence-electron chi connectivity index (χ2n) is 4.03. The molecule has 0 spiro atoms. The van der Waals surface area contributed by atoms with Crippen LogP contribution < -0.4 is 11.1 Å². The van der Waals surface area contributed by atoms with Gasteiger partial charge in [0.2, 0.25) is 0 Å². The van der Waals surface area contributed by atoms with Gasteiger partial charge in [0, 0.05) is 11.6 Å². The van der Waals surface area contributed by atoms with Gasteiger partial charge in [-0.1, -0.05) is 0 Å². The third kappa shape index (κ3) is 3.43. The second-order valence-corrected chi connectivity index (χ2v) is 4.03. The van der Waals surface area contributed by atoms with E-state index in [1.807, 2.05) is 13.8 Å². The highest BCUT2D eigenvalue weighted by molar-refractivity contribution is 5.38. The van der Waals surface area contributed by atoms with E-state index in [2.05, 4.69) is 10.3 Å². The summed E-state index contributed by atoms with van der Waals surface area (Å²) in [5, 5.41) is 2.88. The average molecular weight is 215 g/mol. The first-order chi connectivity index (χ1) is 6.94. The number of nitrogens with one attached hydrogen (secondary N) is 1. The fourth-order valence-corrected chi connectivity index (χ4v) is 1.25. The Kier molecular flexibility index (Phi) is 3.57. The van der Waals surface area contributed by atoms with E-state index in [0.29, 0.717) is 13.0 Å². The molecular weight excluding hydrogens is 200 g/mol. The zero-order valence-corrected chi connectivity index (χ0v) is 8.85. The molecule has 0 saturated heterocycles. The van der Waals surface area contributed by atoms with Crippen molar-refractivity contribution in [1.29, 1.82) is 0 Å². The summed E-state index contributed by atoms with van der Waals surface area (Å²) in [6, 6.07) is 0.799. The highest BCUT2D eigenvalue weighted by Gasteiger charge is 2.18. The van der Waals surface area contributed by atoms with Gasteiger partial charge in [-0.15, -0.1) is 0 Å². The maximum atomic E-state index is 13.2. The topological polar surface area (TPSA) is 50.9 Å². The Labute approximate surface area is 87.7 Å². The van der Waals surface area contributed by atoms with Gasteiger partial charge in [-0.3, -0.25) is 0 Å². The predicted molar refractivity (Wildman–Crippen MR) is 55.5 cm³/mol. The van der Waals surface area contributed by atoms with E-state index in [1.165, 1.54) is 0 Å². The molecule has 15 heavy (non-hydrogen) atoms. The molecule has 84 valence electrons. The Morgan fingerprint density at radius 3 is 2.67 bits per heavy atom. The van der Waals surface area contributed by atoms with Crippen molar-refractivity contribution >= 4 is 5.82 Å². The zero-order valence-electron chi connectivity index (χ0n) is 8.85. The van der Waals surface area contributed by atoms with E-state index in [0.717, 1.165) is 12.3 Å². The van der Waals surface area contributed by atoms with Crippen LogP contribution in [0, 0.1) is 11.6 Å². The zero-order chi connectivity index (χ0) is 11.5. The van der Waals surface area contributed by atoms with Gasteiger partial charge in [0.25, 0.3) is 0 Å². The van der Waals surface area contributed by atoms with E-state index in [1.54, 1.807) is 0 Å². The van der Waals surface area contributed by atoms with E-state index in [4.69, 9.17) is 5.73 Å². The van der Waals surface area contributed by atoms with Crippen LogP contribution in [0.1, 0.15) is 20.3 Å². The third-order valence-corrected chi connectivity index (χ3v) is 2.03. The van der Waals surface area contributed by atoms with Crippen molar-refractivity contribution in [1.82, 2.24) is 4.98 Å². The van der Waals surface area contributed by atoms with Crippen LogP contribution in [0.25, 0.3) is 0 Å². The maximum Gasteiger partial charge on any atom is 0.168 e. The van der Waals surface area contributed by atoms with Crippen LogP contribution in [0.3, 0.4) is 0 Å². The van der Waals surface area contributed by atoms with E-state index < -0.39 is 11.6 Å². The number of hydrogen-bond donors (Lipinski definition) is 2. The van der Waals surface area contributed by atoms with Crippen LogP contribution in [0.15, 0.2) is 12.3 Å². The molecule has 0 aromatic carbocycles. The SMILES string of the molecule is CC(C)(CCN)Nc1ncc(F)cc1F. The molecule has 0 aliphatic rings. The molecule has 0 aliphatic carbocycles. The Morgan fingerprint density at radius 2 is 2.13 bits per heavy atom. The molecular formula is C10H15F2N3. The normalized spacial score (nSPS) is 11.5. The molecule has 0 atom stereocenters. The molecule has 0 saturated carbocycles. The summed E-state index contributed by atoms with van der Waals surface area (Å²) in [7, 11) is 0. The minimum Gasteiger partial charge on any atom is -0.363 e. The lowest BCUT2D eigenvalue weighted by molar-refractivity contribution is 0.511. The molecule has 1 heterocycles. The minimum atomic E-state index is -0.694. The van der Waals surface area contributed by atoms with Crippen LogP contribution in [-0.4, -0.2) is 17.1 Å². The van der Waals surface area contributed by atoms with Crippen molar-refractivity contribution in [3.63, 3.8) is 0 Å². The molecule has 0 radical (unpaired) electrons. The van der Waals surface area contributed by atoms with Crippen molar-refractivity contribution in [2.75, 3.05) is 11.9 Å². The van der Waals surface area contributed by atoms with Crippen LogP contribution in [0.2, 0.25) is 0 Å². The Bertz CT molecular complexity index is 339. The molecule has 1 aromatic heterocycles. The number of rotatable bonds is 4. The molecule has 0 amide bonds. The Hall–Kier alpha value is -1.23. The number of nitrogens with zero attached hydrogens (tertiary/aromatic N) is 1. The molecule has 5 heteroatoms. The summed E-state index contributed by atoms with van der Waals surface area (Å²) in [4.78, 5) is 3.64. The van der Waals surface area contributed by atoms with E-state index in [9.17, 15) is 8.78 Å². The first-order valence-electron chi connectivity index (χ1n) is 4.74. The largest absolute Gasteiger partial charge is 0.363 e. The lowest BCUT2D eigenvalue weighted by Crippen LogP contribution is -2.34. The van der Waals surface area contributed by atoms with Gasteiger partial charge in [0.15, 0.2) is 11.6 Å². The smallest absolute Gasteiger partial charge is 0.168 e. The molecule has 0 aliphatic heterocycles. The molecule has 3 N–H and O–H groups in total. The molecule has 1 rings (SSSR count). The van der Waals surface area contributed by atoms with Crippen molar-refractivity contribution in [3.8, 4) is 0 Å². The van der Waals surface area contributed by atoms with Crippen LogP contribution in [0.5, 0.6) is 0 Å². The van der Waals surface area contributed by atoms with Gasteiger partial charge in [-0.25, -0.2) is 13.8 Å². The first kappa shape index (κ1) is 11.8. The quantitative estimate of drug-likeness (QED) is 0.806. The van der Waals surface area contributed by atoms with Crippen LogP contribution >= 0.6 is 0 Å². The highest BCUT2D eigenvalue weighted by Crippen LogP contribution is 2.18. The summed E-state index contributed by atoms with van der Waals surface area (Å²) >= 11 is 0. The highest BCUT2D eigenvalue weighted by atomic mass is 19.1. The summed E-state index contributed by atoms with van der Waals surface area (Å²) in [5.41, 5.74) is 5.06. The average Bonchev–Trinajstić information content (AvgIpc) is 2.09. The maximum absolute atomic E-state index is 13.2. The summed E-state index contributed by atoms with van der Waals surface area (Å²) in [6.45, 7) is 4.25. The molecule has 0 bridgehead atoms. The Balaban J connectivity index is 2.80. The first-order valence-corrected chi connectivity index (χ1v) is 4.74. The van der Waals surface area contributed by atoms with Crippen molar-refractivity contribution in [2.24, 2.45) is 5.73 Å². The molecule has 0 unspecified atom stereocenters. The number of pyridine rings is 1. The summed E-state index contributed by atoms with van der Waals surface area (Å²) in [5.74, 6) is -1.33. The second kappa shape index (κ2) is 4.53. The van der Waals surface area contributed by atoms with Gasteiger partial charge in [-0.2, -0.15) is 0 Å². The lowest BCUT2D eigenvalue weighted by Gasteiger charge is -2.26. The minimum absolute atomic E-state index is 0.0508. The van der Waals surface area contributed by atoms with Crippen molar-refractivity contribution in [2.45, 2.75) is 25.8 Å². The lowest BCUT2D eigenvalue weighted by atomic mass is 10.0. The van der Waals surface area contributed by atoms with Gasteiger partial charge in [0.05, 0.1) is 6.20 Å². The fraction of sp³-hybridized carbons (Fsp3) is 0.500. The number of anilines is 1. The van der Waals surface area contributed by atoms with Gasteiger partial charge in [-0.05, 0) is 26.8 Å². The number of aromatic nitrogens is 1. The fourth-order valence-electron chi connectivity index (χ4n) is 1.25. The van der Waals surface area contributed by atoms with Gasteiger partial charge < -0.3 is 11.1 Å². The number of halogens is 2. The third-order valence-electron chi connectivity index (χ3n) is 2.03. The van der Waals surface area contributed by atoms with Crippen molar-refractivity contribution < 1.29 is 8.78 Å². The van der Waals surface area contributed by atoms with E-state index in [-0.39, 0.29) is 11.4 Å². The Morgan fingerprint density at radius 1 is 1.47 bits per heavy atom. The van der Waals surface area contributed by atoms with E-state index >= 15 is 0 Å². The number of hydrogen-bond acceptors (Lipinski definition) is 3. The van der Waals surface area contributed by atoms with Crippen LogP contribution in [-0.2, 0) is 0 Å². The molecule has 0 fully saturated rings. The predicted octanol–water partition coefficient (Wildman–Crippen LogP) is 1.90. The molecule has 1 aromatic rings. The van der Waals surface area contributed by atoms with Gasteiger partial charge in [0.1, 0.15) is 5.82 Å².